The fourth-order valence-corrected chi connectivity index (χ4v) is 1.75. The first-order chi connectivity index (χ1) is 9.20. The van der Waals surface area contributed by atoms with Crippen LogP contribution in [0.25, 0.3) is 11.3 Å². The van der Waals surface area contributed by atoms with Gasteiger partial charge in [-0.1, -0.05) is 24.3 Å². The predicted molar refractivity (Wildman–Crippen MR) is 73.2 cm³/mol. The zero-order valence-electron chi connectivity index (χ0n) is 10.8. The average molecular weight is 259 g/mol. The number of benzene rings is 1. The van der Waals surface area contributed by atoms with Crippen LogP contribution in [0.15, 0.2) is 30.5 Å². The third kappa shape index (κ3) is 3.31. The highest BCUT2D eigenvalue weighted by Crippen LogP contribution is 2.19. The van der Waals surface area contributed by atoms with Crippen LogP contribution in [-0.2, 0) is 11.3 Å². The van der Waals surface area contributed by atoms with Crippen molar-refractivity contribution in [2.75, 3.05) is 12.3 Å². The minimum atomic E-state index is -0.0718. The van der Waals surface area contributed by atoms with Crippen LogP contribution in [0, 0.1) is 0 Å². The van der Waals surface area contributed by atoms with Crippen LogP contribution >= 0.6 is 0 Å². The molecule has 1 aromatic carbocycles. The molecule has 6 nitrogen and oxygen atoms in total. The molecule has 0 fully saturated rings. The van der Waals surface area contributed by atoms with Gasteiger partial charge in [0.15, 0.2) is 0 Å². The molecule has 0 radical (unpaired) electrons. The first-order valence-corrected chi connectivity index (χ1v) is 6.22. The molecule has 0 aliphatic rings. The number of nitrogens with zero attached hydrogens (tertiary/aromatic N) is 3. The SMILES string of the molecule is CCCNC(=O)Cn1nncc1-c1cccc(N)c1. The molecule has 0 unspecified atom stereocenters. The number of carbonyl (C=O) groups excluding carboxylic acids is 1. The number of nitrogens with one attached hydrogen (secondary N) is 1. The Bertz CT molecular complexity index is 564. The number of hydrogen-bond acceptors (Lipinski definition) is 4. The molecule has 0 bridgehead atoms. The lowest BCUT2D eigenvalue weighted by molar-refractivity contribution is -0.121. The summed E-state index contributed by atoms with van der Waals surface area (Å²) in [5.41, 5.74) is 8.09. The van der Waals surface area contributed by atoms with E-state index < -0.39 is 0 Å². The van der Waals surface area contributed by atoms with E-state index in [0.717, 1.165) is 17.7 Å². The Morgan fingerprint density at radius 1 is 1.47 bits per heavy atom. The van der Waals surface area contributed by atoms with Gasteiger partial charge < -0.3 is 11.1 Å². The van der Waals surface area contributed by atoms with Crippen LogP contribution in [0.5, 0.6) is 0 Å². The number of rotatable bonds is 5. The zero-order valence-corrected chi connectivity index (χ0v) is 10.8. The molecule has 0 saturated carbocycles. The summed E-state index contributed by atoms with van der Waals surface area (Å²) in [5.74, 6) is -0.0718. The summed E-state index contributed by atoms with van der Waals surface area (Å²) in [6.45, 7) is 2.83. The number of amides is 1. The van der Waals surface area contributed by atoms with Gasteiger partial charge in [-0.3, -0.25) is 4.79 Å². The van der Waals surface area contributed by atoms with Crippen molar-refractivity contribution in [2.45, 2.75) is 19.9 Å². The molecule has 0 aliphatic carbocycles. The van der Waals surface area contributed by atoms with E-state index in [2.05, 4.69) is 15.6 Å². The van der Waals surface area contributed by atoms with E-state index in [-0.39, 0.29) is 12.5 Å². The molecule has 3 N–H and O–H groups in total. The molecule has 1 aromatic heterocycles. The van der Waals surface area contributed by atoms with Gasteiger partial charge in [-0.25, -0.2) is 4.68 Å². The highest BCUT2D eigenvalue weighted by Gasteiger charge is 2.10. The molecule has 1 heterocycles. The Morgan fingerprint density at radius 2 is 2.32 bits per heavy atom. The van der Waals surface area contributed by atoms with Crippen molar-refractivity contribution in [1.82, 2.24) is 20.3 Å². The quantitative estimate of drug-likeness (QED) is 0.786. The van der Waals surface area contributed by atoms with E-state index in [0.29, 0.717) is 12.2 Å². The van der Waals surface area contributed by atoms with Crippen molar-refractivity contribution >= 4 is 11.6 Å². The second kappa shape index (κ2) is 5.99. The maximum Gasteiger partial charge on any atom is 0.241 e. The second-order valence-corrected chi connectivity index (χ2v) is 4.25. The van der Waals surface area contributed by atoms with Gasteiger partial charge in [0.1, 0.15) is 6.54 Å². The van der Waals surface area contributed by atoms with Gasteiger partial charge in [0.2, 0.25) is 5.91 Å². The first-order valence-electron chi connectivity index (χ1n) is 6.22. The van der Waals surface area contributed by atoms with Crippen molar-refractivity contribution < 1.29 is 4.79 Å². The van der Waals surface area contributed by atoms with Crippen molar-refractivity contribution in [3.63, 3.8) is 0 Å². The minimum absolute atomic E-state index is 0.0718. The lowest BCUT2D eigenvalue weighted by atomic mass is 10.1. The molecule has 6 heteroatoms. The van der Waals surface area contributed by atoms with Crippen molar-refractivity contribution in [3.05, 3.63) is 30.5 Å². The van der Waals surface area contributed by atoms with Crippen LogP contribution < -0.4 is 11.1 Å². The van der Waals surface area contributed by atoms with Crippen LogP contribution in [-0.4, -0.2) is 27.4 Å². The van der Waals surface area contributed by atoms with E-state index in [4.69, 9.17) is 5.73 Å². The summed E-state index contributed by atoms with van der Waals surface area (Å²) in [6, 6.07) is 7.42. The van der Waals surface area contributed by atoms with Gasteiger partial charge in [-0.15, -0.1) is 5.10 Å². The third-order valence-electron chi connectivity index (χ3n) is 2.67. The van der Waals surface area contributed by atoms with Gasteiger partial charge >= 0.3 is 0 Å². The molecule has 19 heavy (non-hydrogen) atoms. The molecule has 2 aromatic rings. The topological polar surface area (TPSA) is 85.8 Å². The number of aromatic nitrogens is 3. The largest absolute Gasteiger partial charge is 0.399 e. The van der Waals surface area contributed by atoms with Crippen molar-refractivity contribution in [2.24, 2.45) is 0 Å². The highest BCUT2D eigenvalue weighted by molar-refractivity contribution is 5.76. The number of nitrogens with two attached hydrogens (primary N) is 1. The summed E-state index contributed by atoms with van der Waals surface area (Å²) in [7, 11) is 0. The highest BCUT2D eigenvalue weighted by atomic mass is 16.2. The Morgan fingerprint density at radius 3 is 3.05 bits per heavy atom. The number of hydrogen-bond donors (Lipinski definition) is 2. The van der Waals surface area contributed by atoms with Crippen LogP contribution in [0.2, 0.25) is 0 Å². The number of nitrogen functional groups attached to an aromatic ring is 1. The summed E-state index contributed by atoms with van der Waals surface area (Å²) in [4.78, 5) is 11.7. The van der Waals surface area contributed by atoms with Crippen LogP contribution in [0.4, 0.5) is 5.69 Å². The Balaban J connectivity index is 2.16. The molecular formula is C13H17N5O. The smallest absolute Gasteiger partial charge is 0.241 e. The van der Waals surface area contributed by atoms with Crippen molar-refractivity contribution in [1.29, 1.82) is 0 Å². The third-order valence-corrected chi connectivity index (χ3v) is 2.67. The molecule has 0 aliphatic heterocycles. The minimum Gasteiger partial charge on any atom is -0.399 e. The van der Waals surface area contributed by atoms with E-state index in [1.54, 1.807) is 10.9 Å². The van der Waals surface area contributed by atoms with E-state index in [1.165, 1.54) is 0 Å². The molecule has 2 rings (SSSR count). The van der Waals surface area contributed by atoms with Crippen LogP contribution in [0.1, 0.15) is 13.3 Å². The fourth-order valence-electron chi connectivity index (χ4n) is 1.75. The van der Waals surface area contributed by atoms with Crippen molar-refractivity contribution in [3.8, 4) is 11.3 Å². The summed E-state index contributed by atoms with van der Waals surface area (Å²) in [6.07, 6.45) is 2.53. The summed E-state index contributed by atoms with van der Waals surface area (Å²) < 4.78 is 1.57. The normalized spacial score (nSPS) is 10.4. The van der Waals surface area contributed by atoms with Crippen LogP contribution in [0.3, 0.4) is 0 Å². The first kappa shape index (κ1) is 13.1. The molecule has 100 valence electrons. The van der Waals surface area contributed by atoms with Gasteiger partial charge in [0.05, 0.1) is 11.9 Å². The lowest BCUT2D eigenvalue weighted by Gasteiger charge is -2.07. The standard InChI is InChI=1S/C13H17N5O/c1-2-6-15-13(19)9-18-12(8-16-17-18)10-4-3-5-11(14)7-10/h3-5,7-8H,2,6,9,14H2,1H3,(H,15,19). The second-order valence-electron chi connectivity index (χ2n) is 4.25. The van der Waals surface area contributed by atoms with Gasteiger partial charge in [0.25, 0.3) is 0 Å². The molecule has 0 spiro atoms. The molecule has 1 amide bonds. The molecular weight excluding hydrogens is 242 g/mol. The maximum absolute atomic E-state index is 11.7. The Hall–Kier alpha value is -2.37. The molecule has 0 atom stereocenters. The molecule has 0 saturated heterocycles. The van der Waals surface area contributed by atoms with Gasteiger partial charge in [-0.2, -0.15) is 0 Å². The maximum atomic E-state index is 11.7. The number of carbonyl (C=O) groups is 1. The summed E-state index contributed by atoms with van der Waals surface area (Å²) >= 11 is 0. The van der Waals surface area contributed by atoms with Gasteiger partial charge in [0, 0.05) is 17.8 Å². The Kier molecular flexibility index (Phi) is 4.12. The van der Waals surface area contributed by atoms with E-state index in [1.807, 2.05) is 31.2 Å². The van der Waals surface area contributed by atoms with E-state index in [9.17, 15) is 4.79 Å². The van der Waals surface area contributed by atoms with E-state index >= 15 is 0 Å². The predicted octanol–water partition coefficient (Wildman–Crippen LogP) is 1.05. The summed E-state index contributed by atoms with van der Waals surface area (Å²) in [5, 5.41) is 10.6. The van der Waals surface area contributed by atoms with Gasteiger partial charge in [-0.05, 0) is 18.6 Å². The monoisotopic (exact) mass is 259 g/mol. The average Bonchev–Trinajstić information content (AvgIpc) is 2.84. The fraction of sp³-hybridized carbons (Fsp3) is 0.308. The zero-order chi connectivity index (χ0) is 13.7. The lowest BCUT2D eigenvalue weighted by Crippen LogP contribution is -2.28. The number of anilines is 1. The Labute approximate surface area is 111 Å².